The Kier molecular flexibility index (Phi) is 4.05. The van der Waals surface area contributed by atoms with Crippen LogP contribution in [-0.4, -0.2) is 38.7 Å². The third-order valence-corrected chi connectivity index (χ3v) is 2.75. The summed E-state index contributed by atoms with van der Waals surface area (Å²) in [5, 5.41) is 15.9. The topological polar surface area (TPSA) is 89.3 Å². The van der Waals surface area contributed by atoms with Gasteiger partial charge < -0.3 is 5.11 Å². The number of hydrogen-bond donors (Lipinski definition) is 2. The van der Waals surface area contributed by atoms with Crippen LogP contribution >= 0.6 is 0 Å². The predicted octanol–water partition coefficient (Wildman–Crippen LogP) is 0.440. The third kappa shape index (κ3) is 3.50. The number of hydrogen-bond acceptors (Lipinski definition) is 5. The smallest absolute Gasteiger partial charge is 0.358 e. The van der Waals surface area contributed by atoms with E-state index >= 15 is 0 Å². The second kappa shape index (κ2) is 5.74. The summed E-state index contributed by atoms with van der Waals surface area (Å²) in [6.45, 7) is 1.12. The number of carboxylic acids is 1. The minimum atomic E-state index is -1.06. The summed E-state index contributed by atoms with van der Waals surface area (Å²) in [7, 11) is 0. The molecule has 94 valence electrons. The Bertz CT molecular complexity index is 373. The highest BCUT2D eigenvalue weighted by Crippen LogP contribution is 2.19. The van der Waals surface area contributed by atoms with Crippen LogP contribution in [0.5, 0.6) is 0 Å². The van der Waals surface area contributed by atoms with Gasteiger partial charge in [-0.3, -0.25) is 9.52 Å². The normalized spacial score (nSPS) is 16.5. The third-order valence-electron chi connectivity index (χ3n) is 2.75. The first kappa shape index (κ1) is 12.0. The molecule has 7 heteroatoms. The van der Waals surface area contributed by atoms with Crippen LogP contribution in [0.4, 0.5) is 0 Å². The number of aromatic carboxylic acids is 1. The molecule has 0 aliphatic heterocycles. The van der Waals surface area contributed by atoms with Gasteiger partial charge in [-0.05, 0) is 12.8 Å². The number of carbonyl (C=O) groups is 1. The van der Waals surface area contributed by atoms with Crippen LogP contribution < -0.4 is 5.48 Å². The molecule has 0 amide bonds. The van der Waals surface area contributed by atoms with Crippen LogP contribution in [-0.2, 0) is 11.4 Å². The molecular formula is C10H16N4O3. The van der Waals surface area contributed by atoms with Crippen LogP contribution in [0, 0.1) is 0 Å². The Hall–Kier alpha value is -1.47. The van der Waals surface area contributed by atoms with E-state index in [2.05, 4.69) is 15.8 Å². The SMILES string of the molecule is O=C(O)c1cn(CCNOC2CCCC2)nn1. The van der Waals surface area contributed by atoms with E-state index in [4.69, 9.17) is 9.94 Å². The predicted molar refractivity (Wildman–Crippen MR) is 58.3 cm³/mol. The highest BCUT2D eigenvalue weighted by Gasteiger charge is 2.15. The van der Waals surface area contributed by atoms with E-state index in [9.17, 15) is 4.79 Å². The molecule has 17 heavy (non-hydrogen) atoms. The standard InChI is InChI=1S/C10H16N4O3/c15-10(16)9-7-14(13-12-9)6-5-11-17-8-3-1-2-4-8/h7-8,11H,1-6H2,(H,15,16). The van der Waals surface area contributed by atoms with Gasteiger partial charge in [-0.2, -0.15) is 0 Å². The van der Waals surface area contributed by atoms with Crippen molar-refractivity contribution in [1.82, 2.24) is 20.5 Å². The number of hydroxylamine groups is 1. The van der Waals surface area contributed by atoms with Crippen molar-refractivity contribution < 1.29 is 14.7 Å². The van der Waals surface area contributed by atoms with Gasteiger partial charge >= 0.3 is 5.97 Å². The Morgan fingerprint density at radius 3 is 3.00 bits per heavy atom. The maximum Gasteiger partial charge on any atom is 0.358 e. The molecule has 1 aliphatic rings. The lowest BCUT2D eigenvalue weighted by Gasteiger charge is -2.11. The molecule has 1 aliphatic carbocycles. The number of nitrogens with zero attached hydrogens (tertiary/aromatic N) is 3. The molecule has 0 radical (unpaired) electrons. The number of carboxylic acid groups (broad SMARTS) is 1. The van der Waals surface area contributed by atoms with Crippen molar-refractivity contribution in [1.29, 1.82) is 0 Å². The van der Waals surface area contributed by atoms with E-state index in [1.165, 1.54) is 23.7 Å². The largest absolute Gasteiger partial charge is 0.476 e. The molecule has 0 unspecified atom stereocenters. The molecule has 1 aromatic heterocycles. The minimum absolute atomic E-state index is 0.0401. The van der Waals surface area contributed by atoms with Crippen LogP contribution in [0.25, 0.3) is 0 Å². The van der Waals surface area contributed by atoms with Gasteiger partial charge in [0.1, 0.15) is 0 Å². The molecule has 0 atom stereocenters. The Balaban J connectivity index is 1.65. The molecule has 1 heterocycles. The lowest BCUT2D eigenvalue weighted by Crippen LogP contribution is -2.25. The van der Waals surface area contributed by atoms with Crippen LogP contribution in [0.1, 0.15) is 36.2 Å². The van der Waals surface area contributed by atoms with Crippen molar-refractivity contribution in [3.8, 4) is 0 Å². The number of aromatic nitrogens is 3. The molecular weight excluding hydrogens is 224 g/mol. The Morgan fingerprint density at radius 2 is 2.35 bits per heavy atom. The molecule has 2 N–H and O–H groups in total. The molecule has 0 saturated heterocycles. The molecule has 1 saturated carbocycles. The van der Waals surface area contributed by atoms with E-state index in [1.54, 1.807) is 0 Å². The minimum Gasteiger partial charge on any atom is -0.476 e. The first-order chi connectivity index (χ1) is 8.25. The van der Waals surface area contributed by atoms with Gasteiger partial charge in [-0.15, -0.1) is 5.10 Å². The molecule has 7 nitrogen and oxygen atoms in total. The fraction of sp³-hybridized carbons (Fsp3) is 0.700. The Morgan fingerprint density at radius 1 is 1.59 bits per heavy atom. The highest BCUT2D eigenvalue weighted by atomic mass is 16.7. The fourth-order valence-corrected chi connectivity index (χ4v) is 1.85. The summed E-state index contributed by atoms with van der Waals surface area (Å²) >= 11 is 0. The van der Waals surface area contributed by atoms with E-state index in [-0.39, 0.29) is 5.69 Å². The van der Waals surface area contributed by atoms with Gasteiger partial charge in [0.15, 0.2) is 5.69 Å². The maximum atomic E-state index is 10.6. The van der Waals surface area contributed by atoms with E-state index in [1.807, 2.05) is 0 Å². The summed E-state index contributed by atoms with van der Waals surface area (Å²) in [5.41, 5.74) is 2.84. The lowest BCUT2D eigenvalue weighted by atomic mass is 10.3. The lowest BCUT2D eigenvalue weighted by molar-refractivity contribution is -0.0220. The van der Waals surface area contributed by atoms with Crippen LogP contribution in [0.15, 0.2) is 6.20 Å². The summed E-state index contributed by atoms with van der Waals surface area (Å²) in [5.74, 6) is -1.06. The van der Waals surface area contributed by atoms with Gasteiger partial charge in [0.2, 0.25) is 0 Å². The van der Waals surface area contributed by atoms with Gasteiger partial charge in [0.05, 0.1) is 18.8 Å². The zero-order valence-electron chi connectivity index (χ0n) is 9.50. The van der Waals surface area contributed by atoms with Crippen molar-refractivity contribution in [3.05, 3.63) is 11.9 Å². The van der Waals surface area contributed by atoms with Crippen molar-refractivity contribution in [2.24, 2.45) is 0 Å². The monoisotopic (exact) mass is 240 g/mol. The van der Waals surface area contributed by atoms with E-state index in [0.29, 0.717) is 19.2 Å². The van der Waals surface area contributed by atoms with Gasteiger partial charge in [-0.25, -0.2) is 10.3 Å². The molecule has 0 aromatic carbocycles. The summed E-state index contributed by atoms with van der Waals surface area (Å²) in [4.78, 5) is 16.0. The summed E-state index contributed by atoms with van der Waals surface area (Å²) in [6, 6.07) is 0. The van der Waals surface area contributed by atoms with Crippen molar-refractivity contribution >= 4 is 5.97 Å². The second-order valence-corrected chi connectivity index (χ2v) is 4.09. The molecule has 2 rings (SSSR count). The average molecular weight is 240 g/mol. The van der Waals surface area contributed by atoms with E-state index in [0.717, 1.165) is 12.8 Å². The number of rotatable bonds is 6. The fourth-order valence-electron chi connectivity index (χ4n) is 1.85. The van der Waals surface area contributed by atoms with E-state index < -0.39 is 5.97 Å². The first-order valence-electron chi connectivity index (χ1n) is 5.77. The summed E-state index contributed by atoms with van der Waals surface area (Å²) in [6.07, 6.45) is 6.41. The molecule has 1 aromatic rings. The van der Waals surface area contributed by atoms with Crippen molar-refractivity contribution in [3.63, 3.8) is 0 Å². The number of nitrogens with one attached hydrogen (secondary N) is 1. The second-order valence-electron chi connectivity index (χ2n) is 4.09. The average Bonchev–Trinajstić information content (AvgIpc) is 2.96. The highest BCUT2D eigenvalue weighted by molar-refractivity contribution is 5.84. The van der Waals surface area contributed by atoms with Crippen molar-refractivity contribution in [2.45, 2.75) is 38.3 Å². The van der Waals surface area contributed by atoms with Gasteiger partial charge in [0.25, 0.3) is 0 Å². The maximum absolute atomic E-state index is 10.6. The van der Waals surface area contributed by atoms with Crippen molar-refractivity contribution in [2.75, 3.05) is 6.54 Å². The zero-order chi connectivity index (χ0) is 12.1. The van der Waals surface area contributed by atoms with Gasteiger partial charge in [0, 0.05) is 6.54 Å². The molecule has 0 bridgehead atoms. The first-order valence-corrected chi connectivity index (χ1v) is 5.77. The molecule has 0 spiro atoms. The van der Waals surface area contributed by atoms with Gasteiger partial charge in [-0.1, -0.05) is 18.1 Å². The van der Waals surface area contributed by atoms with Crippen LogP contribution in [0.3, 0.4) is 0 Å². The summed E-state index contributed by atoms with van der Waals surface area (Å²) < 4.78 is 1.48. The zero-order valence-corrected chi connectivity index (χ0v) is 9.50. The molecule has 1 fully saturated rings. The van der Waals surface area contributed by atoms with Crippen LogP contribution in [0.2, 0.25) is 0 Å². The Labute approximate surface area is 98.7 Å². The quantitative estimate of drug-likeness (QED) is 0.554.